The van der Waals surface area contributed by atoms with Crippen molar-refractivity contribution in [1.82, 2.24) is 9.78 Å². The number of benzene rings is 1. The van der Waals surface area contributed by atoms with E-state index in [0.29, 0.717) is 24.2 Å². The minimum atomic E-state index is -0.733. The molecule has 0 bridgehead atoms. The first-order chi connectivity index (χ1) is 16.4. The minimum absolute atomic E-state index is 0.169. The Labute approximate surface area is 204 Å². The maximum Gasteiger partial charge on any atom is 0.413 e. The van der Waals surface area contributed by atoms with E-state index in [1.807, 2.05) is 43.3 Å². The van der Waals surface area contributed by atoms with Gasteiger partial charge in [0.05, 0.1) is 16.6 Å². The lowest BCUT2D eigenvalue weighted by atomic mass is 10.0. The van der Waals surface area contributed by atoms with Gasteiger partial charge in [-0.05, 0) is 37.0 Å². The fourth-order valence-electron chi connectivity index (χ4n) is 3.84. The first kappa shape index (κ1) is 22.2. The largest absolute Gasteiger partial charge is 0.481 e. The molecule has 5 rings (SSSR count). The number of anilines is 1. The molecule has 1 aliphatic rings. The zero-order valence-corrected chi connectivity index (χ0v) is 20.2. The topological polar surface area (TPSA) is 93.5 Å². The average Bonchev–Trinajstić information content (AvgIpc) is 3.31. The molecule has 0 atom stereocenters. The number of carboxylic acids is 1. The summed E-state index contributed by atoms with van der Waals surface area (Å²) in [6, 6.07) is 11.5. The zero-order valence-electron chi connectivity index (χ0n) is 18.5. The molecule has 0 aliphatic heterocycles. The number of fused-ring (bicyclic) bond motifs is 1. The summed E-state index contributed by atoms with van der Waals surface area (Å²) in [6.45, 7) is 2.16. The van der Waals surface area contributed by atoms with E-state index in [-0.39, 0.29) is 6.61 Å². The molecule has 1 fully saturated rings. The van der Waals surface area contributed by atoms with Crippen molar-refractivity contribution in [3.05, 3.63) is 69.0 Å². The molecule has 7 nitrogen and oxygen atoms in total. The Hall–Kier alpha value is -3.61. The summed E-state index contributed by atoms with van der Waals surface area (Å²) < 4.78 is 8.99. The Morgan fingerprint density at radius 3 is 2.68 bits per heavy atom. The van der Waals surface area contributed by atoms with Crippen LogP contribution in [0.25, 0.3) is 9.40 Å². The Morgan fingerprint density at radius 2 is 2.00 bits per heavy atom. The number of aliphatic carboxylic acids is 1. The minimum Gasteiger partial charge on any atom is -0.481 e. The Bertz CT molecular complexity index is 1470. The van der Waals surface area contributed by atoms with E-state index >= 15 is 0 Å². The number of aryl methyl sites for hydroxylation is 2. The van der Waals surface area contributed by atoms with Crippen LogP contribution in [0.1, 0.15) is 39.3 Å². The molecule has 1 aliphatic carbocycles. The van der Waals surface area contributed by atoms with Crippen LogP contribution in [0.3, 0.4) is 0 Å². The summed E-state index contributed by atoms with van der Waals surface area (Å²) >= 11 is 3.11. The summed E-state index contributed by atoms with van der Waals surface area (Å²) in [5.41, 5.74) is 1.83. The molecule has 1 amide bonds. The number of carbonyl (C=O) groups excluding carboxylic acids is 1. The Morgan fingerprint density at radius 1 is 1.24 bits per heavy atom. The van der Waals surface area contributed by atoms with Gasteiger partial charge in [-0.3, -0.25) is 14.8 Å². The number of hydrogen-bond acceptors (Lipinski definition) is 6. The average molecular weight is 492 g/mol. The van der Waals surface area contributed by atoms with Crippen molar-refractivity contribution in [3.8, 4) is 11.8 Å². The van der Waals surface area contributed by atoms with Crippen LogP contribution >= 0.6 is 22.7 Å². The second-order valence-electron chi connectivity index (χ2n) is 8.21. The van der Waals surface area contributed by atoms with E-state index in [1.54, 1.807) is 35.9 Å². The molecule has 1 saturated carbocycles. The quantitative estimate of drug-likeness (QED) is 0.371. The molecule has 0 unspecified atom stereocenters. The molecular formula is C25H21N3O4S2. The van der Waals surface area contributed by atoms with Gasteiger partial charge in [0.2, 0.25) is 0 Å². The molecule has 0 spiro atoms. The molecule has 34 heavy (non-hydrogen) atoms. The van der Waals surface area contributed by atoms with E-state index in [0.717, 1.165) is 30.3 Å². The predicted molar refractivity (Wildman–Crippen MR) is 132 cm³/mol. The van der Waals surface area contributed by atoms with Crippen LogP contribution in [0.4, 0.5) is 10.6 Å². The first-order valence-electron chi connectivity index (χ1n) is 10.7. The van der Waals surface area contributed by atoms with Crippen LogP contribution in [-0.2, 0) is 28.6 Å². The fraction of sp³-hybridized carbons (Fsp3) is 0.240. The Balaban J connectivity index is 1.32. The van der Waals surface area contributed by atoms with E-state index in [1.165, 1.54) is 4.68 Å². The summed E-state index contributed by atoms with van der Waals surface area (Å²) in [5, 5.41) is 16.6. The van der Waals surface area contributed by atoms with Crippen molar-refractivity contribution in [1.29, 1.82) is 0 Å². The maximum absolute atomic E-state index is 12.3. The molecule has 2 N–H and O–H groups in total. The van der Waals surface area contributed by atoms with Gasteiger partial charge >= 0.3 is 12.1 Å². The number of rotatable bonds is 5. The molecule has 3 aromatic heterocycles. The van der Waals surface area contributed by atoms with Gasteiger partial charge in [-0.2, -0.15) is 5.10 Å². The number of nitrogens with one attached hydrogen (secondary N) is 1. The van der Waals surface area contributed by atoms with Gasteiger partial charge in [-0.25, -0.2) is 4.79 Å². The number of carbonyl (C=O) groups is 2. The van der Waals surface area contributed by atoms with Gasteiger partial charge in [-0.1, -0.05) is 42.2 Å². The van der Waals surface area contributed by atoms with Gasteiger partial charge < -0.3 is 9.84 Å². The summed E-state index contributed by atoms with van der Waals surface area (Å²) in [4.78, 5) is 25.9. The van der Waals surface area contributed by atoms with Crippen molar-refractivity contribution in [2.75, 3.05) is 5.32 Å². The van der Waals surface area contributed by atoms with Gasteiger partial charge in [0, 0.05) is 21.3 Å². The SMILES string of the molecule is Cc1c(C2(C(=O)O)CC2)sc2cc(C#Cc3cnn(C)c3NC(=O)OCc3ccccc3)sc12. The molecule has 0 radical (unpaired) electrons. The van der Waals surface area contributed by atoms with Crippen molar-refractivity contribution in [2.24, 2.45) is 7.05 Å². The summed E-state index contributed by atoms with van der Waals surface area (Å²) in [6.07, 6.45) is 2.42. The normalized spacial score (nSPS) is 13.8. The standard InChI is InChI=1S/C25H21N3O4S2/c1-15-20-19(34-21(15)25(10-11-25)23(29)30)12-18(33-20)9-8-17-13-26-28(2)22(17)27-24(31)32-14-16-6-4-3-5-7-16/h3-7,12-13H,10-11,14H2,1-2H3,(H,27,31)(H,29,30). The van der Waals surface area contributed by atoms with Crippen LogP contribution in [0, 0.1) is 18.8 Å². The maximum atomic E-state index is 12.3. The van der Waals surface area contributed by atoms with E-state index in [4.69, 9.17) is 4.74 Å². The highest BCUT2D eigenvalue weighted by atomic mass is 32.1. The number of hydrogen-bond donors (Lipinski definition) is 2. The number of aromatic nitrogens is 2. The van der Waals surface area contributed by atoms with E-state index in [2.05, 4.69) is 22.3 Å². The third kappa shape index (κ3) is 4.06. The second kappa shape index (κ2) is 8.63. The predicted octanol–water partition coefficient (Wildman–Crippen LogP) is 5.27. The van der Waals surface area contributed by atoms with E-state index in [9.17, 15) is 14.7 Å². The van der Waals surface area contributed by atoms with Crippen LogP contribution in [-0.4, -0.2) is 26.9 Å². The monoisotopic (exact) mass is 491 g/mol. The number of ether oxygens (including phenoxy) is 1. The summed E-state index contributed by atoms with van der Waals surface area (Å²) in [5.74, 6) is 5.98. The van der Waals surface area contributed by atoms with Crippen molar-refractivity contribution < 1.29 is 19.4 Å². The second-order valence-corrected chi connectivity index (χ2v) is 10.3. The Kier molecular flexibility index (Phi) is 5.63. The number of nitrogens with zero attached hydrogens (tertiary/aromatic N) is 2. The van der Waals surface area contributed by atoms with E-state index < -0.39 is 17.5 Å². The van der Waals surface area contributed by atoms with Gasteiger partial charge in [0.1, 0.15) is 17.8 Å². The van der Waals surface area contributed by atoms with Crippen molar-refractivity contribution in [3.63, 3.8) is 0 Å². The molecular weight excluding hydrogens is 470 g/mol. The lowest BCUT2D eigenvalue weighted by molar-refractivity contribution is -0.139. The molecule has 172 valence electrons. The molecule has 9 heteroatoms. The lowest BCUT2D eigenvalue weighted by Gasteiger charge is -2.08. The highest BCUT2D eigenvalue weighted by Gasteiger charge is 2.54. The first-order valence-corrected chi connectivity index (χ1v) is 12.3. The highest BCUT2D eigenvalue weighted by Crippen LogP contribution is 2.54. The number of carboxylic acid groups (broad SMARTS) is 1. The highest BCUT2D eigenvalue weighted by molar-refractivity contribution is 7.28. The van der Waals surface area contributed by atoms with Crippen LogP contribution in [0.15, 0.2) is 42.6 Å². The van der Waals surface area contributed by atoms with Gasteiger partial charge in [0.15, 0.2) is 0 Å². The number of thiophene rings is 2. The van der Waals surface area contributed by atoms with Gasteiger partial charge in [0.25, 0.3) is 0 Å². The molecule has 3 heterocycles. The molecule has 1 aromatic carbocycles. The third-order valence-corrected chi connectivity index (χ3v) is 8.62. The number of amides is 1. The fourth-order valence-corrected chi connectivity index (χ4v) is 6.53. The van der Waals surface area contributed by atoms with Crippen molar-refractivity contribution >= 4 is 50.0 Å². The molecule has 0 saturated heterocycles. The van der Waals surface area contributed by atoms with Gasteiger partial charge in [-0.15, -0.1) is 22.7 Å². The van der Waals surface area contributed by atoms with Crippen LogP contribution in [0.2, 0.25) is 0 Å². The zero-order chi connectivity index (χ0) is 23.9. The molecule has 4 aromatic rings. The smallest absolute Gasteiger partial charge is 0.413 e. The summed E-state index contributed by atoms with van der Waals surface area (Å²) in [7, 11) is 1.72. The van der Waals surface area contributed by atoms with Crippen LogP contribution < -0.4 is 5.32 Å². The van der Waals surface area contributed by atoms with Crippen LogP contribution in [0.5, 0.6) is 0 Å². The third-order valence-electron chi connectivity index (χ3n) is 5.88. The lowest BCUT2D eigenvalue weighted by Crippen LogP contribution is -2.18. The van der Waals surface area contributed by atoms with Crippen molar-refractivity contribution in [2.45, 2.75) is 31.8 Å².